The van der Waals surface area contributed by atoms with Gasteiger partial charge in [-0.3, -0.25) is 4.90 Å². The van der Waals surface area contributed by atoms with Gasteiger partial charge in [0.15, 0.2) is 0 Å². The molecule has 1 fully saturated rings. The minimum atomic E-state index is -0.0793. The number of nitrogens with zero attached hydrogens (tertiary/aromatic N) is 1. The van der Waals surface area contributed by atoms with Crippen LogP contribution < -0.4 is 5.32 Å². The summed E-state index contributed by atoms with van der Waals surface area (Å²) in [6.45, 7) is 7.21. The Morgan fingerprint density at radius 1 is 1.32 bits per heavy atom. The topological polar surface area (TPSA) is 15.3 Å². The zero-order valence-corrected chi connectivity index (χ0v) is 12.0. The molecule has 106 valence electrons. The van der Waals surface area contributed by atoms with Crippen molar-refractivity contribution >= 4 is 0 Å². The van der Waals surface area contributed by atoms with Crippen molar-refractivity contribution in [2.75, 3.05) is 13.1 Å². The first-order valence-electron chi connectivity index (χ1n) is 7.45. The first-order valence-corrected chi connectivity index (χ1v) is 7.45. The van der Waals surface area contributed by atoms with Gasteiger partial charge in [-0.25, -0.2) is 4.39 Å². The van der Waals surface area contributed by atoms with E-state index in [1.807, 2.05) is 12.1 Å². The van der Waals surface area contributed by atoms with Crippen molar-refractivity contribution in [3.63, 3.8) is 0 Å². The predicted molar refractivity (Wildman–Crippen MR) is 77.6 cm³/mol. The number of hydrogen-bond acceptors (Lipinski definition) is 2. The van der Waals surface area contributed by atoms with E-state index in [2.05, 4.69) is 24.1 Å². The molecule has 0 aromatic heterocycles. The summed E-state index contributed by atoms with van der Waals surface area (Å²) in [5.74, 6) is -0.0793. The van der Waals surface area contributed by atoms with Crippen LogP contribution in [0.2, 0.25) is 0 Å². The highest BCUT2D eigenvalue weighted by atomic mass is 19.1. The molecule has 2 unspecified atom stereocenters. The predicted octanol–water partition coefficient (Wildman–Crippen LogP) is 3.18. The average Bonchev–Trinajstić information content (AvgIpc) is 2.43. The molecule has 2 rings (SSSR count). The molecule has 0 saturated carbocycles. The van der Waals surface area contributed by atoms with Gasteiger partial charge in [-0.15, -0.1) is 0 Å². The molecule has 1 aromatic carbocycles. The summed E-state index contributed by atoms with van der Waals surface area (Å²) in [5, 5.41) is 3.60. The quantitative estimate of drug-likeness (QED) is 0.878. The maximum absolute atomic E-state index is 13.8. The minimum Gasteiger partial charge on any atom is -0.311 e. The molecule has 0 amide bonds. The molecule has 3 heteroatoms. The molecule has 1 heterocycles. The van der Waals surface area contributed by atoms with E-state index in [0.29, 0.717) is 12.1 Å². The molecule has 0 aliphatic carbocycles. The standard InChI is InChI=1S/C16H25FN2/c1-3-7-15-10-18-14(4-2)12-19(15)11-13-8-5-6-9-16(13)17/h5-6,8-9,14-15,18H,3-4,7,10-12H2,1-2H3. The van der Waals surface area contributed by atoms with E-state index in [1.165, 1.54) is 12.8 Å². The van der Waals surface area contributed by atoms with Gasteiger partial charge in [0.25, 0.3) is 0 Å². The summed E-state index contributed by atoms with van der Waals surface area (Å²) in [5.41, 5.74) is 0.820. The van der Waals surface area contributed by atoms with Gasteiger partial charge in [0.05, 0.1) is 0 Å². The highest BCUT2D eigenvalue weighted by molar-refractivity contribution is 5.17. The van der Waals surface area contributed by atoms with Crippen LogP contribution in [-0.2, 0) is 6.54 Å². The Balaban J connectivity index is 2.07. The second-order valence-electron chi connectivity index (χ2n) is 5.48. The Labute approximate surface area is 116 Å². The molecule has 2 atom stereocenters. The molecule has 19 heavy (non-hydrogen) atoms. The monoisotopic (exact) mass is 264 g/mol. The highest BCUT2D eigenvalue weighted by Crippen LogP contribution is 2.18. The van der Waals surface area contributed by atoms with Crippen LogP contribution in [0.3, 0.4) is 0 Å². The summed E-state index contributed by atoms with van der Waals surface area (Å²) in [7, 11) is 0. The van der Waals surface area contributed by atoms with E-state index in [-0.39, 0.29) is 5.82 Å². The zero-order valence-electron chi connectivity index (χ0n) is 12.0. The van der Waals surface area contributed by atoms with Gasteiger partial charge in [-0.2, -0.15) is 0 Å². The molecule has 1 aromatic rings. The van der Waals surface area contributed by atoms with Crippen molar-refractivity contribution in [2.45, 2.75) is 51.7 Å². The highest BCUT2D eigenvalue weighted by Gasteiger charge is 2.26. The van der Waals surface area contributed by atoms with E-state index < -0.39 is 0 Å². The van der Waals surface area contributed by atoms with Crippen molar-refractivity contribution in [3.8, 4) is 0 Å². The van der Waals surface area contributed by atoms with Crippen LogP contribution in [0.5, 0.6) is 0 Å². The lowest BCUT2D eigenvalue weighted by Crippen LogP contribution is -2.55. The number of piperazine rings is 1. The molecule has 1 aliphatic heterocycles. The Morgan fingerprint density at radius 3 is 2.79 bits per heavy atom. The molecular formula is C16H25FN2. The maximum atomic E-state index is 13.8. The number of rotatable bonds is 5. The van der Waals surface area contributed by atoms with Gasteiger partial charge in [0, 0.05) is 37.3 Å². The van der Waals surface area contributed by atoms with Crippen LogP contribution in [0.1, 0.15) is 38.7 Å². The second-order valence-corrected chi connectivity index (χ2v) is 5.48. The first-order chi connectivity index (χ1) is 9.24. The Kier molecular flexibility index (Phi) is 5.34. The van der Waals surface area contributed by atoms with Crippen LogP contribution in [0.4, 0.5) is 4.39 Å². The molecule has 1 N–H and O–H groups in total. The fourth-order valence-corrected chi connectivity index (χ4v) is 2.86. The van der Waals surface area contributed by atoms with Crippen molar-refractivity contribution < 1.29 is 4.39 Å². The first kappa shape index (κ1) is 14.5. The van der Waals surface area contributed by atoms with Gasteiger partial charge < -0.3 is 5.32 Å². The third-order valence-corrected chi connectivity index (χ3v) is 4.06. The largest absolute Gasteiger partial charge is 0.311 e. The lowest BCUT2D eigenvalue weighted by molar-refractivity contribution is 0.112. The lowest BCUT2D eigenvalue weighted by Gasteiger charge is -2.40. The maximum Gasteiger partial charge on any atom is 0.127 e. The van der Waals surface area contributed by atoms with Gasteiger partial charge in [-0.05, 0) is 18.9 Å². The third-order valence-electron chi connectivity index (χ3n) is 4.06. The van der Waals surface area contributed by atoms with Crippen LogP contribution in [0.25, 0.3) is 0 Å². The molecule has 0 spiro atoms. The Bertz CT molecular complexity index is 394. The SMILES string of the molecule is CCCC1CNC(CC)CN1Cc1ccccc1F. The molecular weight excluding hydrogens is 239 g/mol. The van der Waals surface area contributed by atoms with Gasteiger partial charge >= 0.3 is 0 Å². The van der Waals surface area contributed by atoms with Crippen molar-refractivity contribution in [1.82, 2.24) is 10.2 Å². The molecule has 0 bridgehead atoms. The van der Waals surface area contributed by atoms with Crippen molar-refractivity contribution in [3.05, 3.63) is 35.6 Å². The van der Waals surface area contributed by atoms with Gasteiger partial charge in [0.1, 0.15) is 5.82 Å². The fourth-order valence-electron chi connectivity index (χ4n) is 2.86. The van der Waals surface area contributed by atoms with E-state index in [9.17, 15) is 4.39 Å². The molecule has 1 aliphatic rings. The molecule has 2 nitrogen and oxygen atoms in total. The van der Waals surface area contributed by atoms with E-state index in [0.717, 1.165) is 31.6 Å². The normalized spacial score (nSPS) is 24.6. The third kappa shape index (κ3) is 3.77. The average molecular weight is 264 g/mol. The molecule has 1 saturated heterocycles. The summed E-state index contributed by atoms with van der Waals surface area (Å²) in [6, 6.07) is 8.22. The number of benzene rings is 1. The van der Waals surface area contributed by atoms with Crippen LogP contribution in [0, 0.1) is 5.82 Å². The van der Waals surface area contributed by atoms with Crippen LogP contribution in [-0.4, -0.2) is 30.1 Å². The Hall–Kier alpha value is -0.930. The smallest absolute Gasteiger partial charge is 0.127 e. The summed E-state index contributed by atoms with van der Waals surface area (Å²) in [6.07, 6.45) is 3.49. The fraction of sp³-hybridized carbons (Fsp3) is 0.625. The van der Waals surface area contributed by atoms with Crippen molar-refractivity contribution in [2.24, 2.45) is 0 Å². The minimum absolute atomic E-state index is 0.0793. The number of halogens is 1. The number of hydrogen-bond donors (Lipinski definition) is 1. The summed E-state index contributed by atoms with van der Waals surface area (Å²) < 4.78 is 13.8. The van der Waals surface area contributed by atoms with Gasteiger partial charge in [0.2, 0.25) is 0 Å². The van der Waals surface area contributed by atoms with E-state index >= 15 is 0 Å². The number of nitrogens with one attached hydrogen (secondary N) is 1. The Morgan fingerprint density at radius 2 is 2.11 bits per heavy atom. The van der Waals surface area contributed by atoms with Crippen LogP contribution >= 0.6 is 0 Å². The molecule has 0 radical (unpaired) electrons. The van der Waals surface area contributed by atoms with Crippen molar-refractivity contribution in [1.29, 1.82) is 0 Å². The van der Waals surface area contributed by atoms with Crippen LogP contribution in [0.15, 0.2) is 24.3 Å². The van der Waals surface area contributed by atoms with Gasteiger partial charge in [-0.1, -0.05) is 38.5 Å². The van der Waals surface area contributed by atoms with E-state index in [1.54, 1.807) is 12.1 Å². The van der Waals surface area contributed by atoms with E-state index in [4.69, 9.17) is 0 Å². The summed E-state index contributed by atoms with van der Waals surface area (Å²) in [4.78, 5) is 2.45. The second kappa shape index (κ2) is 7.01. The zero-order chi connectivity index (χ0) is 13.7. The summed E-state index contributed by atoms with van der Waals surface area (Å²) >= 11 is 0. The lowest BCUT2D eigenvalue weighted by atomic mass is 10.0.